The van der Waals surface area contributed by atoms with Gasteiger partial charge in [0.15, 0.2) is 5.75 Å². The number of carbonyl (C=O) groups is 1. The lowest BCUT2D eigenvalue weighted by Crippen LogP contribution is -2.63. The van der Waals surface area contributed by atoms with Crippen LogP contribution in [0.15, 0.2) is 83.9 Å². The summed E-state index contributed by atoms with van der Waals surface area (Å²) in [4.78, 5) is 38.1. The highest BCUT2D eigenvalue weighted by atomic mass is 32.2. The number of ether oxygens (including phenoxy) is 3. The molecule has 3 aromatic carbocycles. The fourth-order valence-corrected chi connectivity index (χ4v) is 12.1. The quantitative estimate of drug-likeness (QED) is 0.0391. The zero-order valence-corrected chi connectivity index (χ0v) is 40.9. The van der Waals surface area contributed by atoms with Crippen molar-refractivity contribution in [1.82, 2.24) is 19.6 Å². The van der Waals surface area contributed by atoms with Crippen molar-refractivity contribution >= 4 is 44.0 Å². The van der Waals surface area contributed by atoms with E-state index in [9.17, 15) is 28.4 Å². The largest absolute Gasteiger partial charge is 0.473 e. The number of amides is 1. The number of hydrogen-bond acceptors (Lipinski definition) is 13. The Kier molecular flexibility index (Phi) is 13.9. The van der Waals surface area contributed by atoms with Crippen molar-refractivity contribution in [3.8, 4) is 17.4 Å². The molecule has 5 aromatic rings. The smallest absolute Gasteiger partial charge is 0.293 e. The van der Waals surface area contributed by atoms with Gasteiger partial charge in [-0.2, -0.15) is 4.98 Å². The molecular formula is C52H65N7O9S. The summed E-state index contributed by atoms with van der Waals surface area (Å²) in [6.45, 7) is 11.0. The highest BCUT2D eigenvalue weighted by molar-refractivity contribution is 7.90. The van der Waals surface area contributed by atoms with Gasteiger partial charge in [0.25, 0.3) is 27.5 Å². The number of nitrogens with zero attached hydrogens (tertiary/aromatic N) is 4. The topological polar surface area (TPSA) is 201 Å². The van der Waals surface area contributed by atoms with E-state index in [0.29, 0.717) is 42.9 Å². The van der Waals surface area contributed by atoms with E-state index in [2.05, 4.69) is 67.9 Å². The Morgan fingerprint density at radius 2 is 1.74 bits per heavy atom. The number of aliphatic hydroxyl groups is 1. The molecule has 17 heteroatoms. The molecule has 1 spiro atoms. The predicted molar refractivity (Wildman–Crippen MR) is 265 cm³/mol. The van der Waals surface area contributed by atoms with E-state index in [-0.39, 0.29) is 53.2 Å². The highest BCUT2D eigenvalue weighted by Gasteiger charge is 2.49. The Hall–Kier alpha value is -5.75. The van der Waals surface area contributed by atoms with Crippen LogP contribution in [0.4, 0.5) is 17.1 Å². The first kappa shape index (κ1) is 48.3. The third-order valence-electron chi connectivity index (χ3n) is 15.1. The molecule has 368 valence electrons. The number of nitro groups is 1. The summed E-state index contributed by atoms with van der Waals surface area (Å²) in [6.07, 6.45) is 10.2. The molecule has 4 heterocycles. The van der Waals surface area contributed by atoms with Gasteiger partial charge in [0, 0.05) is 75.3 Å². The number of methoxy groups -OCH3 is 1. The maximum Gasteiger partial charge on any atom is 0.293 e. The normalized spacial score (nSPS) is 22.7. The lowest BCUT2D eigenvalue weighted by Gasteiger charge is -2.57. The van der Waals surface area contributed by atoms with Crippen LogP contribution in [0, 0.1) is 21.4 Å². The van der Waals surface area contributed by atoms with Gasteiger partial charge in [-0.3, -0.25) is 19.8 Å². The first-order chi connectivity index (χ1) is 33.1. The van der Waals surface area contributed by atoms with Gasteiger partial charge in [-0.1, -0.05) is 44.5 Å². The fourth-order valence-electron chi connectivity index (χ4n) is 11.1. The van der Waals surface area contributed by atoms with E-state index in [0.717, 1.165) is 69.0 Å². The molecule has 69 heavy (non-hydrogen) atoms. The number of nitro benzene ring substituents is 1. The van der Waals surface area contributed by atoms with Gasteiger partial charge in [0.2, 0.25) is 0 Å². The van der Waals surface area contributed by atoms with Crippen LogP contribution in [0.25, 0.3) is 11.0 Å². The zero-order chi connectivity index (χ0) is 48.5. The third-order valence-corrected chi connectivity index (χ3v) is 16.5. The Balaban J connectivity index is 0.934. The van der Waals surface area contributed by atoms with Gasteiger partial charge in [-0.15, -0.1) is 0 Å². The lowest BCUT2D eigenvalue weighted by molar-refractivity contribution is -0.384. The number of H-pyrrole nitrogens is 1. The molecule has 2 atom stereocenters. The number of pyridine rings is 1. The van der Waals surface area contributed by atoms with Crippen LogP contribution in [0.5, 0.6) is 17.4 Å². The minimum Gasteiger partial charge on any atom is -0.473 e. The number of aromatic nitrogens is 2. The molecule has 2 saturated carbocycles. The number of likely N-dealkylation sites (tertiary alicyclic amines) is 1. The molecule has 1 amide bonds. The van der Waals surface area contributed by atoms with Crippen molar-refractivity contribution < 1.29 is 37.5 Å². The zero-order valence-electron chi connectivity index (χ0n) is 40.0. The third kappa shape index (κ3) is 10.6. The first-order valence-corrected chi connectivity index (χ1v) is 25.9. The number of carbonyl (C=O) groups excluding carboxylic acids is 1. The molecule has 0 unspecified atom stereocenters. The molecule has 16 nitrogen and oxygen atoms in total. The second kappa shape index (κ2) is 19.9. The molecule has 4 fully saturated rings. The standard InChI is InChI=1S/C52H65N7O9S/c1-34(2)39-8-5-6-9-40(39)41-10-7-11-44(41)58-32-52(33-58)21-24-57(25-22-52)37-12-14-42(46(29-37)68-47-28-36-18-23-53-48(36)55-50(47)67-27-26-66-4)49(60)56-69(64,65)38-13-15-43(45(30-38)59(62)63)54-31-35-16-19-51(3,61)20-17-35/h5-6,8-9,12-15,18,23,28-30,34-35,41,44,54,61H,7,10-11,16-17,19-22,24-27,31-33H2,1-4H3,(H,53,55)(H,56,60)/t35-,41-,44+,51-/m1/s1. The van der Waals surface area contributed by atoms with E-state index >= 15 is 0 Å². The average Bonchev–Trinajstić information content (AvgIpc) is 4.00. The minimum atomic E-state index is -4.62. The Bertz CT molecular complexity index is 2770. The van der Waals surface area contributed by atoms with Crippen molar-refractivity contribution in [1.29, 1.82) is 0 Å². The number of fused-ring (bicyclic) bond motifs is 1. The van der Waals surface area contributed by atoms with Crippen LogP contribution < -0.4 is 24.4 Å². The van der Waals surface area contributed by atoms with Gasteiger partial charge in [-0.25, -0.2) is 13.1 Å². The van der Waals surface area contributed by atoms with E-state index in [4.69, 9.17) is 14.2 Å². The van der Waals surface area contributed by atoms with Gasteiger partial charge in [0.1, 0.15) is 23.7 Å². The van der Waals surface area contributed by atoms with Crippen molar-refractivity contribution in [2.45, 2.75) is 107 Å². The Morgan fingerprint density at radius 3 is 2.48 bits per heavy atom. The summed E-state index contributed by atoms with van der Waals surface area (Å²) >= 11 is 0. The van der Waals surface area contributed by atoms with Crippen LogP contribution in [-0.4, -0.2) is 104 Å². The van der Waals surface area contributed by atoms with Crippen LogP contribution in [0.1, 0.15) is 112 Å². The highest BCUT2D eigenvalue weighted by Crippen LogP contribution is 2.49. The van der Waals surface area contributed by atoms with Crippen LogP contribution in [0.3, 0.4) is 0 Å². The van der Waals surface area contributed by atoms with E-state index in [1.807, 2.05) is 13.0 Å². The number of anilines is 2. The van der Waals surface area contributed by atoms with E-state index in [1.54, 1.807) is 37.6 Å². The number of benzene rings is 3. The SMILES string of the molecule is COCCOc1nc2[nH]ccc2cc1Oc1cc(N2CCC3(CC2)CN([C@H]2CCC[C@@H]2c2ccccc2C(C)C)C3)ccc1C(=O)NS(=O)(=O)c1ccc(NC[C@H]2CC[C@](C)(O)CC2)c([N+](=O)[O-])c1. The molecular weight excluding hydrogens is 899 g/mol. The maximum atomic E-state index is 14.2. The second-order valence-corrected chi connectivity index (χ2v) is 22.0. The molecule has 4 aliphatic rings. The minimum absolute atomic E-state index is 0.0762. The molecule has 0 bridgehead atoms. The fraction of sp³-hybridized carbons (Fsp3) is 0.500. The number of nitrogens with one attached hydrogen (secondary N) is 3. The molecule has 2 saturated heterocycles. The number of rotatable bonds is 17. The lowest BCUT2D eigenvalue weighted by atomic mass is 9.70. The van der Waals surface area contributed by atoms with E-state index in [1.165, 1.54) is 42.5 Å². The molecule has 2 aromatic heterocycles. The number of sulfonamides is 1. The summed E-state index contributed by atoms with van der Waals surface area (Å²) in [5.74, 6) is 0.685. The Labute approximate surface area is 404 Å². The maximum absolute atomic E-state index is 14.2. The molecule has 2 aliphatic heterocycles. The summed E-state index contributed by atoms with van der Waals surface area (Å²) in [5.41, 5.74) is 3.52. The molecule has 0 radical (unpaired) electrons. The molecule has 2 aliphatic carbocycles. The number of aromatic amines is 1. The number of piperidine rings is 1. The first-order valence-electron chi connectivity index (χ1n) is 24.4. The predicted octanol–water partition coefficient (Wildman–Crippen LogP) is 9.12. The molecule has 4 N–H and O–H groups in total. The van der Waals surface area contributed by atoms with E-state index < -0.39 is 37.0 Å². The van der Waals surface area contributed by atoms with Crippen LogP contribution in [0.2, 0.25) is 0 Å². The average molecular weight is 964 g/mol. The van der Waals surface area contributed by atoms with Gasteiger partial charge < -0.3 is 34.5 Å². The Morgan fingerprint density at radius 1 is 0.971 bits per heavy atom. The molecule has 9 rings (SSSR count). The van der Waals surface area contributed by atoms with Crippen LogP contribution in [-0.2, 0) is 14.8 Å². The van der Waals surface area contributed by atoms with Crippen molar-refractivity contribution in [2.24, 2.45) is 11.3 Å². The summed E-state index contributed by atoms with van der Waals surface area (Å²) < 4.78 is 47.7. The van der Waals surface area contributed by atoms with Gasteiger partial charge in [-0.05, 0) is 129 Å². The monoisotopic (exact) mass is 963 g/mol. The van der Waals surface area contributed by atoms with Gasteiger partial charge in [0.05, 0.1) is 27.6 Å². The summed E-state index contributed by atoms with van der Waals surface area (Å²) in [7, 11) is -3.06. The van der Waals surface area contributed by atoms with Crippen molar-refractivity contribution in [2.75, 3.05) is 63.3 Å². The summed E-state index contributed by atoms with van der Waals surface area (Å²) in [5, 5.41) is 26.4. The van der Waals surface area contributed by atoms with Gasteiger partial charge >= 0.3 is 0 Å². The van der Waals surface area contributed by atoms with Crippen LogP contribution >= 0.6 is 0 Å². The second-order valence-electron chi connectivity index (χ2n) is 20.3. The van der Waals surface area contributed by atoms with Crippen molar-refractivity contribution in [3.63, 3.8) is 0 Å². The summed E-state index contributed by atoms with van der Waals surface area (Å²) in [6, 6.07) is 21.8. The van der Waals surface area contributed by atoms with Crippen molar-refractivity contribution in [3.05, 3.63) is 106 Å². The number of hydrogen-bond donors (Lipinski definition) is 4.